The molecule has 1 N–H and O–H groups in total. The highest BCUT2D eigenvalue weighted by Gasteiger charge is 2.12. The molecule has 0 aliphatic heterocycles. The summed E-state index contributed by atoms with van der Waals surface area (Å²) < 4.78 is 17.8. The molecular weight excluding hydrogens is 213 g/mol. The first-order chi connectivity index (χ1) is 7.58. The van der Waals surface area contributed by atoms with Gasteiger partial charge in [0.05, 0.1) is 18.6 Å². The molecule has 16 heavy (non-hydrogen) atoms. The number of hydrogen-bond donors (Lipinski definition) is 1. The van der Waals surface area contributed by atoms with E-state index in [1.165, 1.54) is 0 Å². The van der Waals surface area contributed by atoms with Gasteiger partial charge in [0.25, 0.3) is 0 Å². The van der Waals surface area contributed by atoms with Crippen LogP contribution in [0.2, 0.25) is 0 Å². The molecule has 0 unspecified atom stereocenters. The van der Waals surface area contributed by atoms with Crippen LogP contribution in [0.3, 0.4) is 0 Å². The lowest BCUT2D eigenvalue weighted by Gasteiger charge is -2.05. The van der Waals surface area contributed by atoms with Crippen molar-refractivity contribution in [2.24, 2.45) is 0 Å². The van der Waals surface area contributed by atoms with E-state index in [1.807, 2.05) is 0 Å². The number of esters is 1. The first-order valence-corrected chi connectivity index (χ1v) is 4.65. The summed E-state index contributed by atoms with van der Waals surface area (Å²) in [4.78, 5) is 11.1. The molecule has 1 aromatic carbocycles. The zero-order valence-corrected chi connectivity index (χ0v) is 8.66. The Balaban J connectivity index is 2.95. The standard InChI is InChI=1S/C11H10FNO3/c1-2-16-11(15)5-7-3-9(12)8(6-13)4-10(7)14/h3-4,14H,2,5H2,1H3. The summed E-state index contributed by atoms with van der Waals surface area (Å²) in [6.07, 6.45) is -0.220. The minimum Gasteiger partial charge on any atom is -0.508 e. The molecule has 84 valence electrons. The average Bonchev–Trinajstić information content (AvgIpc) is 2.23. The van der Waals surface area contributed by atoms with Gasteiger partial charge in [-0.3, -0.25) is 4.79 Å². The van der Waals surface area contributed by atoms with Crippen molar-refractivity contribution in [3.63, 3.8) is 0 Å². The van der Waals surface area contributed by atoms with Crippen LogP contribution >= 0.6 is 0 Å². The monoisotopic (exact) mass is 223 g/mol. The molecule has 5 heteroatoms. The summed E-state index contributed by atoms with van der Waals surface area (Å²) in [7, 11) is 0. The maximum atomic E-state index is 13.2. The van der Waals surface area contributed by atoms with Crippen molar-refractivity contribution in [2.75, 3.05) is 6.61 Å². The van der Waals surface area contributed by atoms with E-state index in [4.69, 9.17) is 5.26 Å². The molecule has 0 aromatic heterocycles. The fraction of sp³-hybridized carbons (Fsp3) is 0.273. The van der Waals surface area contributed by atoms with Gasteiger partial charge in [0.15, 0.2) is 0 Å². The Labute approximate surface area is 91.9 Å². The van der Waals surface area contributed by atoms with E-state index in [0.717, 1.165) is 12.1 Å². The summed E-state index contributed by atoms with van der Waals surface area (Å²) in [5.41, 5.74) is -0.153. The molecule has 0 aliphatic carbocycles. The number of carbonyl (C=O) groups is 1. The van der Waals surface area contributed by atoms with Crippen LogP contribution in [0.15, 0.2) is 12.1 Å². The van der Waals surface area contributed by atoms with Gasteiger partial charge in [-0.2, -0.15) is 5.26 Å². The van der Waals surface area contributed by atoms with Crippen LogP contribution in [0.25, 0.3) is 0 Å². The van der Waals surface area contributed by atoms with E-state index in [0.29, 0.717) is 0 Å². The van der Waals surface area contributed by atoms with Gasteiger partial charge in [0.1, 0.15) is 17.6 Å². The molecule has 0 bridgehead atoms. The molecule has 0 aliphatic rings. The third-order valence-corrected chi connectivity index (χ3v) is 1.93. The Bertz CT molecular complexity index is 451. The SMILES string of the molecule is CCOC(=O)Cc1cc(F)c(C#N)cc1O. The topological polar surface area (TPSA) is 70.3 Å². The molecule has 0 saturated heterocycles. The minimum atomic E-state index is -0.764. The average molecular weight is 223 g/mol. The van der Waals surface area contributed by atoms with Crippen LogP contribution in [0.4, 0.5) is 4.39 Å². The zero-order chi connectivity index (χ0) is 12.1. The predicted molar refractivity (Wildman–Crippen MR) is 53.1 cm³/mol. The number of hydrogen-bond acceptors (Lipinski definition) is 4. The predicted octanol–water partition coefficient (Wildman–Crippen LogP) is 1.51. The van der Waals surface area contributed by atoms with Gasteiger partial charge in [-0.25, -0.2) is 4.39 Å². The van der Waals surface area contributed by atoms with Gasteiger partial charge >= 0.3 is 5.97 Å². The molecule has 0 spiro atoms. The number of rotatable bonds is 3. The minimum absolute atomic E-state index is 0.106. The highest BCUT2D eigenvalue weighted by atomic mass is 19.1. The maximum absolute atomic E-state index is 13.2. The number of aromatic hydroxyl groups is 1. The Kier molecular flexibility index (Phi) is 3.84. The third kappa shape index (κ3) is 2.70. The van der Waals surface area contributed by atoms with Gasteiger partial charge in [0, 0.05) is 11.6 Å². The number of phenolic OH excluding ortho intramolecular Hbond substituents is 1. The number of carbonyl (C=O) groups excluding carboxylic acids is 1. The summed E-state index contributed by atoms with van der Waals surface area (Å²) in [5, 5.41) is 17.9. The molecule has 1 rings (SSSR count). The first kappa shape index (κ1) is 12.0. The normalized spacial score (nSPS) is 9.56. The molecule has 4 nitrogen and oxygen atoms in total. The molecule has 1 aromatic rings. The lowest BCUT2D eigenvalue weighted by molar-refractivity contribution is -0.142. The zero-order valence-electron chi connectivity index (χ0n) is 8.66. The number of benzene rings is 1. The van der Waals surface area contributed by atoms with E-state index in [-0.39, 0.29) is 29.9 Å². The smallest absolute Gasteiger partial charge is 0.310 e. The second-order valence-corrected chi connectivity index (χ2v) is 3.05. The molecular formula is C11H10FNO3. The van der Waals surface area contributed by atoms with E-state index in [2.05, 4.69) is 4.74 Å². The molecule has 0 heterocycles. The van der Waals surface area contributed by atoms with E-state index >= 15 is 0 Å². The maximum Gasteiger partial charge on any atom is 0.310 e. The fourth-order valence-electron chi connectivity index (χ4n) is 1.20. The van der Waals surface area contributed by atoms with Crippen molar-refractivity contribution in [1.82, 2.24) is 0 Å². The number of phenols is 1. The molecule has 0 amide bonds. The number of ether oxygens (including phenoxy) is 1. The van der Waals surface area contributed by atoms with Gasteiger partial charge in [0.2, 0.25) is 0 Å². The second kappa shape index (κ2) is 5.12. The van der Waals surface area contributed by atoms with Gasteiger partial charge in [-0.05, 0) is 13.0 Å². The highest BCUT2D eigenvalue weighted by Crippen LogP contribution is 2.22. The van der Waals surface area contributed by atoms with Crippen molar-refractivity contribution in [3.05, 3.63) is 29.1 Å². The number of nitriles is 1. The Morgan fingerprint density at radius 2 is 2.31 bits per heavy atom. The van der Waals surface area contributed by atoms with Crippen molar-refractivity contribution in [1.29, 1.82) is 5.26 Å². The van der Waals surface area contributed by atoms with Crippen molar-refractivity contribution < 1.29 is 19.0 Å². The lowest BCUT2D eigenvalue weighted by atomic mass is 10.1. The first-order valence-electron chi connectivity index (χ1n) is 4.65. The Hall–Kier alpha value is -2.09. The molecule has 0 atom stereocenters. The van der Waals surface area contributed by atoms with Crippen LogP contribution in [-0.2, 0) is 16.0 Å². The lowest BCUT2D eigenvalue weighted by Crippen LogP contribution is -2.08. The van der Waals surface area contributed by atoms with Crippen LogP contribution in [0.5, 0.6) is 5.75 Å². The quantitative estimate of drug-likeness (QED) is 0.788. The Morgan fingerprint density at radius 1 is 1.62 bits per heavy atom. The fourth-order valence-corrected chi connectivity index (χ4v) is 1.20. The summed E-state index contributed by atoms with van der Waals surface area (Å²) in [6, 6.07) is 3.54. The third-order valence-electron chi connectivity index (χ3n) is 1.93. The van der Waals surface area contributed by atoms with E-state index in [9.17, 15) is 14.3 Å². The van der Waals surface area contributed by atoms with Crippen LogP contribution in [0, 0.1) is 17.1 Å². The van der Waals surface area contributed by atoms with E-state index in [1.54, 1.807) is 13.0 Å². The van der Waals surface area contributed by atoms with Crippen molar-refractivity contribution in [2.45, 2.75) is 13.3 Å². The van der Waals surface area contributed by atoms with Crippen LogP contribution in [-0.4, -0.2) is 17.7 Å². The molecule has 0 saturated carbocycles. The number of halogens is 1. The second-order valence-electron chi connectivity index (χ2n) is 3.05. The number of nitrogens with zero attached hydrogens (tertiary/aromatic N) is 1. The summed E-state index contributed by atoms with van der Waals surface area (Å²) in [6.45, 7) is 1.87. The molecule has 0 radical (unpaired) electrons. The van der Waals surface area contributed by atoms with Crippen molar-refractivity contribution in [3.8, 4) is 11.8 Å². The van der Waals surface area contributed by atoms with E-state index < -0.39 is 11.8 Å². The molecule has 0 fully saturated rings. The van der Waals surface area contributed by atoms with Gasteiger partial charge in [-0.15, -0.1) is 0 Å². The largest absolute Gasteiger partial charge is 0.508 e. The Morgan fingerprint density at radius 3 is 2.88 bits per heavy atom. The van der Waals surface area contributed by atoms with Gasteiger partial charge < -0.3 is 9.84 Å². The summed E-state index contributed by atoms with van der Waals surface area (Å²) >= 11 is 0. The van der Waals surface area contributed by atoms with Crippen molar-refractivity contribution >= 4 is 5.97 Å². The van der Waals surface area contributed by atoms with Crippen LogP contribution < -0.4 is 0 Å². The van der Waals surface area contributed by atoms with Gasteiger partial charge in [-0.1, -0.05) is 0 Å². The highest BCUT2D eigenvalue weighted by molar-refractivity contribution is 5.73. The summed E-state index contributed by atoms with van der Waals surface area (Å²) in [5.74, 6) is -1.60. The van der Waals surface area contributed by atoms with Crippen LogP contribution in [0.1, 0.15) is 18.1 Å².